The van der Waals surface area contributed by atoms with Crippen LogP contribution < -0.4 is 10.6 Å². The van der Waals surface area contributed by atoms with Gasteiger partial charge in [-0.2, -0.15) is 0 Å². The summed E-state index contributed by atoms with van der Waals surface area (Å²) in [5, 5.41) is 6.72. The molecule has 4 heteroatoms. The van der Waals surface area contributed by atoms with Crippen LogP contribution in [0, 0.1) is 0 Å². The summed E-state index contributed by atoms with van der Waals surface area (Å²) < 4.78 is 0. The summed E-state index contributed by atoms with van der Waals surface area (Å²) in [7, 11) is 0. The number of rotatable bonds is 3. The summed E-state index contributed by atoms with van der Waals surface area (Å²) >= 11 is 0. The lowest BCUT2D eigenvalue weighted by molar-refractivity contribution is 0.535. The molecule has 0 amide bonds. The third-order valence-electron chi connectivity index (χ3n) is 2.23. The molecule has 2 N–H and O–H groups in total. The first-order chi connectivity index (χ1) is 6.45. The van der Waals surface area contributed by atoms with E-state index in [2.05, 4.69) is 20.6 Å². The van der Waals surface area contributed by atoms with Gasteiger partial charge < -0.3 is 10.6 Å². The van der Waals surface area contributed by atoms with E-state index in [1.165, 1.54) is 6.42 Å². The van der Waals surface area contributed by atoms with Crippen molar-refractivity contribution < 1.29 is 0 Å². The second-order valence-corrected chi connectivity index (χ2v) is 3.24. The molecule has 2 rings (SSSR count). The van der Waals surface area contributed by atoms with Gasteiger partial charge in [-0.1, -0.05) is 0 Å². The second kappa shape index (κ2) is 4.30. The molecule has 0 radical (unpaired) electrons. The molecule has 1 saturated heterocycles. The largest absolute Gasteiger partial charge is 0.315 e. The van der Waals surface area contributed by atoms with E-state index in [1.54, 1.807) is 12.4 Å². The van der Waals surface area contributed by atoms with Gasteiger partial charge in [0.25, 0.3) is 0 Å². The van der Waals surface area contributed by atoms with Crippen LogP contribution in [0.5, 0.6) is 0 Å². The normalized spacial score (nSPS) is 22.0. The third kappa shape index (κ3) is 2.47. The van der Waals surface area contributed by atoms with E-state index in [0.29, 0.717) is 6.04 Å². The zero-order chi connectivity index (χ0) is 8.93. The fourth-order valence-electron chi connectivity index (χ4n) is 1.49. The van der Waals surface area contributed by atoms with Crippen molar-refractivity contribution in [3.8, 4) is 0 Å². The van der Waals surface area contributed by atoms with Gasteiger partial charge in [0.2, 0.25) is 0 Å². The Hall–Kier alpha value is -1.00. The van der Waals surface area contributed by atoms with E-state index in [0.717, 1.165) is 25.5 Å². The van der Waals surface area contributed by atoms with Crippen molar-refractivity contribution in [1.82, 2.24) is 20.6 Å². The zero-order valence-corrected chi connectivity index (χ0v) is 7.53. The Morgan fingerprint density at radius 3 is 3.00 bits per heavy atom. The summed E-state index contributed by atoms with van der Waals surface area (Å²) in [6.07, 6.45) is 4.75. The first-order valence-corrected chi connectivity index (χ1v) is 4.65. The third-order valence-corrected chi connectivity index (χ3v) is 2.23. The van der Waals surface area contributed by atoms with Gasteiger partial charge in [-0.05, 0) is 19.0 Å². The molecule has 1 aliphatic rings. The molecule has 70 valence electrons. The predicted molar refractivity (Wildman–Crippen MR) is 50.1 cm³/mol. The molecule has 2 heterocycles. The second-order valence-electron chi connectivity index (χ2n) is 3.24. The van der Waals surface area contributed by atoms with Crippen molar-refractivity contribution in [3.63, 3.8) is 0 Å². The van der Waals surface area contributed by atoms with Gasteiger partial charge >= 0.3 is 0 Å². The van der Waals surface area contributed by atoms with Crippen LogP contribution in [0.15, 0.2) is 18.5 Å². The topological polar surface area (TPSA) is 49.8 Å². The first-order valence-electron chi connectivity index (χ1n) is 4.65. The van der Waals surface area contributed by atoms with Crippen molar-refractivity contribution in [2.75, 3.05) is 13.1 Å². The summed E-state index contributed by atoms with van der Waals surface area (Å²) in [5.74, 6) is 0.870. The van der Waals surface area contributed by atoms with Crippen molar-refractivity contribution in [1.29, 1.82) is 0 Å². The Balaban J connectivity index is 1.79. The van der Waals surface area contributed by atoms with Crippen LogP contribution in [0.1, 0.15) is 12.2 Å². The van der Waals surface area contributed by atoms with Crippen molar-refractivity contribution in [2.45, 2.75) is 19.0 Å². The van der Waals surface area contributed by atoms with Crippen LogP contribution in [0.2, 0.25) is 0 Å². The molecule has 1 atom stereocenters. The Kier molecular flexibility index (Phi) is 2.84. The lowest BCUT2D eigenvalue weighted by Crippen LogP contribution is -2.30. The van der Waals surface area contributed by atoms with Crippen molar-refractivity contribution in [2.24, 2.45) is 0 Å². The van der Waals surface area contributed by atoms with E-state index >= 15 is 0 Å². The lowest BCUT2D eigenvalue weighted by atomic mass is 10.2. The van der Waals surface area contributed by atoms with Crippen LogP contribution in [-0.4, -0.2) is 29.1 Å². The molecular weight excluding hydrogens is 164 g/mol. The maximum absolute atomic E-state index is 4.15. The molecule has 1 fully saturated rings. The maximum atomic E-state index is 4.15. The van der Waals surface area contributed by atoms with E-state index in [-0.39, 0.29) is 0 Å². The lowest BCUT2D eigenvalue weighted by Gasteiger charge is -2.09. The van der Waals surface area contributed by atoms with E-state index in [1.807, 2.05) is 6.07 Å². The number of hydrogen-bond donors (Lipinski definition) is 2. The number of nitrogens with zero attached hydrogens (tertiary/aromatic N) is 2. The van der Waals surface area contributed by atoms with Crippen LogP contribution in [0.3, 0.4) is 0 Å². The summed E-state index contributed by atoms with van der Waals surface area (Å²) in [5.41, 5.74) is 0. The quantitative estimate of drug-likeness (QED) is 0.680. The van der Waals surface area contributed by atoms with Gasteiger partial charge in [0.05, 0.1) is 6.54 Å². The smallest absolute Gasteiger partial charge is 0.141 e. The SMILES string of the molecule is c1cnc(CNC2CCNC2)nc1. The highest BCUT2D eigenvalue weighted by Crippen LogP contribution is 1.97. The summed E-state index contributed by atoms with van der Waals surface area (Å²) in [6.45, 7) is 2.95. The van der Waals surface area contributed by atoms with Crippen LogP contribution in [0.4, 0.5) is 0 Å². The van der Waals surface area contributed by atoms with E-state index < -0.39 is 0 Å². The molecule has 1 aromatic rings. The zero-order valence-electron chi connectivity index (χ0n) is 7.53. The average molecular weight is 178 g/mol. The highest BCUT2D eigenvalue weighted by molar-refractivity contribution is 4.89. The highest BCUT2D eigenvalue weighted by Gasteiger charge is 2.13. The molecule has 0 bridgehead atoms. The Morgan fingerprint density at radius 1 is 1.46 bits per heavy atom. The maximum Gasteiger partial charge on any atom is 0.141 e. The molecule has 0 spiro atoms. The highest BCUT2D eigenvalue weighted by atomic mass is 15.0. The van der Waals surface area contributed by atoms with Crippen LogP contribution >= 0.6 is 0 Å². The minimum atomic E-state index is 0.587. The van der Waals surface area contributed by atoms with Gasteiger partial charge in [0.15, 0.2) is 0 Å². The molecule has 0 saturated carbocycles. The average Bonchev–Trinajstić information content (AvgIpc) is 2.69. The van der Waals surface area contributed by atoms with Gasteiger partial charge in [-0.25, -0.2) is 9.97 Å². The molecule has 1 unspecified atom stereocenters. The summed E-state index contributed by atoms with van der Waals surface area (Å²) in [4.78, 5) is 8.29. The Labute approximate surface area is 77.8 Å². The molecule has 1 aliphatic heterocycles. The fraction of sp³-hybridized carbons (Fsp3) is 0.556. The van der Waals surface area contributed by atoms with E-state index in [4.69, 9.17) is 0 Å². The minimum absolute atomic E-state index is 0.587. The Morgan fingerprint density at radius 2 is 2.31 bits per heavy atom. The van der Waals surface area contributed by atoms with E-state index in [9.17, 15) is 0 Å². The molecule has 0 aromatic carbocycles. The molecule has 13 heavy (non-hydrogen) atoms. The first kappa shape index (κ1) is 8.59. The van der Waals surface area contributed by atoms with Crippen molar-refractivity contribution >= 4 is 0 Å². The predicted octanol–water partition coefficient (Wildman–Crippen LogP) is -0.0719. The van der Waals surface area contributed by atoms with Gasteiger partial charge in [-0.3, -0.25) is 0 Å². The number of aromatic nitrogens is 2. The monoisotopic (exact) mass is 178 g/mol. The van der Waals surface area contributed by atoms with Gasteiger partial charge in [0.1, 0.15) is 5.82 Å². The summed E-state index contributed by atoms with van der Waals surface area (Å²) in [6, 6.07) is 2.42. The van der Waals surface area contributed by atoms with Crippen LogP contribution in [0.25, 0.3) is 0 Å². The minimum Gasteiger partial charge on any atom is -0.315 e. The van der Waals surface area contributed by atoms with Gasteiger partial charge in [0, 0.05) is 25.0 Å². The molecule has 0 aliphatic carbocycles. The molecule has 4 nitrogen and oxygen atoms in total. The van der Waals surface area contributed by atoms with Crippen LogP contribution in [-0.2, 0) is 6.54 Å². The Bertz CT molecular complexity index is 243. The standard InChI is InChI=1S/C9H14N4/c1-3-11-9(12-4-1)7-13-8-2-5-10-6-8/h1,3-4,8,10,13H,2,5-7H2. The molecular formula is C9H14N4. The van der Waals surface area contributed by atoms with Gasteiger partial charge in [-0.15, -0.1) is 0 Å². The number of hydrogen-bond acceptors (Lipinski definition) is 4. The molecule has 1 aromatic heterocycles. The van der Waals surface area contributed by atoms with Crippen molar-refractivity contribution in [3.05, 3.63) is 24.3 Å². The fourth-order valence-corrected chi connectivity index (χ4v) is 1.49. The number of nitrogens with one attached hydrogen (secondary N) is 2.